The summed E-state index contributed by atoms with van der Waals surface area (Å²) in [5.41, 5.74) is 0.0760. The maximum Gasteiger partial charge on any atom is 0.222 e. The molecule has 1 saturated heterocycles. The average Bonchev–Trinajstić information content (AvgIpc) is 2.66. The first-order chi connectivity index (χ1) is 7.51. The number of hydrogen-bond acceptors (Lipinski definition) is 4. The molecule has 16 heavy (non-hydrogen) atoms. The molecule has 0 aromatic carbocycles. The minimum absolute atomic E-state index is 0.0760. The molecule has 90 valence electrons. The molecule has 0 N–H and O–H groups in total. The van der Waals surface area contributed by atoms with Gasteiger partial charge in [0.2, 0.25) is 11.8 Å². The number of hydrogen-bond donors (Lipinski definition) is 0. The van der Waals surface area contributed by atoms with E-state index in [1.165, 1.54) is 0 Å². The van der Waals surface area contributed by atoms with Gasteiger partial charge >= 0.3 is 0 Å². The van der Waals surface area contributed by atoms with E-state index in [-0.39, 0.29) is 5.41 Å². The van der Waals surface area contributed by atoms with Crippen LogP contribution >= 0.6 is 0 Å². The van der Waals surface area contributed by atoms with Crippen molar-refractivity contribution in [3.8, 4) is 0 Å². The van der Waals surface area contributed by atoms with Crippen molar-refractivity contribution in [2.45, 2.75) is 52.0 Å². The summed E-state index contributed by atoms with van der Waals surface area (Å²) in [6.45, 7) is 10.8. The van der Waals surface area contributed by atoms with Gasteiger partial charge in [-0.25, -0.2) is 0 Å². The Hall–Kier alpha value is -0.900. The molecule has 0 bridgehead atoms. The van der Waals surface area contributed by atoms with Crippen LogP contribution in [0.1, 0.15) is 45.4 Å². The van der Waals surface area contributed by atoms with Crippen molar-refractivity contribution in [3.63, 3.8) is 0 Å². The Morgan fingerprint density at radius 3 is 2.31 bits per heavy atom. The summed E-state index contributed by atoms with van der Waals surface area (Å²) in [7, 11) is 0. The highest BCUT2D eigenvalue weighted by Crippen LogP contribution is 2.34. The molecule has 0 saturated carbocycles. The monoisotopic (exact) mass is 223 g/mol. The number of rotatable bonds is 2. The molecule has 0 radical (unpaired) electrons. The summed E-state index contributed by atoms with van der Waals surface area (Å²) in [5, 5.41) is 8.11. The predicted molar refractivity (Wildman–Crippen MR) is 62.3 cm³/mol. The van der Waals surface area contributed by atoms with Gasteiger partial charge < -0.3 is 9.32 Å². The fourth-order valence-corrected chi connectivity index (χ4v) is 2.29. The van der Waals surface area contributed by atoms with Crippen LogP contribution in [-0.4, -0.2) is 34.2 Å². The number of aromatic nitrogens is 2. The molecule has 0 aliphatic carbocycles. The summed E-state index contributed by atoms with van der Waals surface area (Å²) in [6, 6.07) is 0.633. The van der Waals surface area contributed by atoms with Gasteiger partial charge in [0.25, 0.3) is 0 Å². The van der Waals surface area contributed by atoms with E-state index in [9.17, 15) is 0 Å². The van der Waals surface area contributed by atoms with E-state index in [0.29, 0.717) is 11.9 Å². The molecular formula is C12H21N3O. The van der Waals surface area contributed by atoms with Gasteiger partial charge in [-0.05, 0) is 39.8 Å². The second-order valence-corrected chi connectivity index (χ2v) is 5.32. The lowest BCUT2D eigenvalue weighted by molar-refractivity contribution is 0.122. The van der Waals surface area contributed by atoms with E-state index in [2.05, 4.69) is 35.9 Å². The van der Waals surface area contributed by atoms with Gasteiger partial charge in [-0.3, -0.25) is 0 Å². The van der Waals surface area contributed by atoms with Gasteiger partial charge in [-0.15, -0.1) is 10.2 Å². The minimum Gasteiger partial charge on any atom is -0.425 e. The summed E-state index contributed by atoms with van der Waals surface area (Å²) in [6.07, 6.45) is 2.21. The van der Waals surface area contributed by atoms with Crippen LogP contribution < -0.4 is 0 Å². The first kappa shape index (κ1) is 11.6. The molecule has 1 aromatic rings. The van der Waals surface area contributed by atoms with Gasteiger partial charge in [0.15, 0.2) is 0 Å². The Morgan fingerprint density at radius 1 is 1.25 bits per heavy atom. The SMILES string of the molecule is Cc1nnc(C2(C)CCN(C(C)C)CC2)o1. The molecular weight excluding hydrogens is 202 g/mol. The summed E-state index contributed by atoms with van der Waals surface area (Å²) < 4.78 is 5.58. The third-order valence-corrected chi connectivity index (χ3v) is 3.67. The van der Waals surface area contributed by atoms with E-state index >= 15 is 0 Å². The highest BCUT2D eigenvalue weighted by atomic mass is 16.4. The highest BCUT2D eigenvalue weighted by molar-refractivity contribution is 5.04. The number of nitrogens with zero attached hydrogens (tertiary/aromatic N) is 3. The molecule has 1 fully saturated rings. The lowest BCUT2D eigenvalue weighted by atomic mass is 9.80. The molecule has 4 nitrogen and oxygen atoms in total. The van der Waals surface area contributed by atoms with Gasteiger partial charge in [0.1, 0.15) is 0 Å². The van der Waals surface area contributed by atoms with Gasteiger partial charge in [0.05, 0.1) is 0 Å². The lowest BCUT2D eigenvalue weighted by Gasteiger charge is -2.39. The molecule has 0 spiro atoms. The topological polar surface area (TPSA) is 42.2 Å². The van der Waals surface area contributed by atoms with Crippen molar-refractivity contribution in [1.82, 2.24) is 15.1 Å². The van der Waals surface area contributed by atoms with E-state index in [0.717, 1.165) is 31.8 Å². The first-order valence-corrected chi connectivity index (χ1v) is 6.06. The van der Waals surface area contributed by atoms with Crippen LogP contribution in [0, 0.1) is 6.92 Å². The maximum absolute atomic E-state index is 5.58. The van der Waals surface area contributed by atoms with Crippen LogP contribution in [0.4, 0.5) is 0 Å². The van der Waals surface area contributed by atoms with Crippen molar-refractivity contribution in [1.29, 1.82) is 0 Å². The smallest absolute Gasteiger partial charge is 0.222 e. The Kier molecular flexibility index (Phi) is 3.02. The Morgan fingerprint density at radius 2 is 1.88 bits per heavy atom. The third kappa shape index (κ3) is 2.12. The van der Waals surface area contributed by atoms with E-state index < -0.39 is 0 Å². The van der Waals surface area contributed by atoms with Crippen LogP contribution in [0.5, 0.6) is 0 Å². The standard InChI is InChI=1S/C12H21N3O/c1-9(2)15-7-5-12(4,6-8-15)11-14-13-10(3)16-11/h9H,5-8H2,1-4H3. The van der Waals surface area contributed by atoms with Crippen molar-refractivity contribution in [2.75, 3.05) is 13.1 Å². The summed E-state index contributed by atoms with van der Waals surface area (Å²) >= 11 is 0. The number of aryl methyl sites for hydroxylation is 1. The molecule has 2 heterocycles. The zero-order chi connectivity index (χ0) is 11.8. The fourth-order valence-electron chi connectivity index (χ4n) is 2.29. The second kappa shape index (κ2) is 4.17. The summed E-state index contributed by atoms with van der Waals surface area (Å²) in [5.74, 6) is 1.48. The molecule has 4 heteroatoms. The molecule has 1 aliphatic heterocycles. The molecule has 0 atom stereocenters. The molecule has 2 rings (SSSR count). The van der Waals surface area contributed by atoms with E-state index in [1.54, 1.807) is 0 Å². The zero-order valence-corrected chi connectivity index (χ0v) is 10.7. The summed E-state index contributed by atoms with van der Waals surface area (Å²) in [4.78, 5) is 2.50. The van der Waals surface area contributed by atoms with Crippen molar-refractivity contribution < 1.29 is 4.42 Å². The molecule has 1 aromatic heterocycles. The lowest BCUT2D eigenvalue weighted by Crippen LogP contribution is -2.44. The van der Waals surface area contributed by atoms with E-state index in [1.807, 2.05) is 6.92 Å². The predicted octanol–water partition coefficient (Wildman–Crippen LogP) is 2.14. The normalized spacial score (nSPS) is 21.6. The van der Waals surface area contributed by atoms with Crippen molar-refractivity contribution in [2.24, 2.45) is 0 Å². The van der Waals surface area contributed by atoms with Crippen LogP contribution in [0.3, 0.4) is 0 Å². The van der Waals surface area contributed by atoms with Crippen LogP contribution in [0.15, 0.2) is 4.42 Å². The van der Waals surface area contributed by atoms with Crippen LogP contribution in [-0.2, 0) is 5.41 Å². The van der Waals surface area contributed by atoms with Gasteiger partial charge in [-0.1, -0.05) is 6.92 Å². The Bertz CT molecular complexity index is 351. The quantitative estimate of drug-likeness (QED) is 0.770. The third-order valence-electron chi connectivity index (χ3n) is 3.67. The van der Waals surface area contributed by atoms with E-state index in [4.69, 9.17) is 4.42 Å². The Labute approximate surface area is 97.0 Å². The van der Waals surface area contributed by atoms with Crippen molar-refractivity contribution in [3.05, 3.63) is 11.8 Å². The largest absolute Gasteiger partial charge is 0.425 e. The average molecular weight is 223 g/mol. The molecule has 0 unspecified atom stereocenters. The Balaban J connectivity index is 2.06. The second-order valence-electron chi connectivity index (χ2n) is 5.32. The first-order valence-electron chi connectivity index (χ1n) is 6.06. The highest BCUT2D eigenvalue weighted by Gasteiger charge is 2.36. The van der Waals surface area contributed by atoms with Crippen molar-refractivity contribution >= 4 is 0 Å². The van der Waals surface area contributed by atoms with Crippen LogP contribution in [0.25, 0.3) is 0 Å². The molecule has 1 aliphatic rings. The van der Waals surface area contributed by atoms with Gasteiger partial charge in [0, 0.05) is 18.4 Å². The molecule has 0 amide bonds. The zero-order valence-electron chi connectivity index (χ0n) is 10.7. The minimum atomic E-state index is 0.0760. The van der Waals surface area contributed by atoms with Crippen LogP contribution in [0.2, 0.25) is 0 Å². The fraction of sp³-hybridized carbons (Fsp3) is 0.833. The number of piperidine rings is 1. The van der Waals surface area contributed by atoms with Gasteiger partial charge in [-0.2, -0.15) is 0 Å². The number of likely N-dealkylation sites (tertiary alicyclic amines) is 1. The maximum atomic E-state index is 5.58.